The number of hydrogen-bond donors (Lipinski definition) is 0. The summed E-state index contributed by atoms with van der Waals surface area (Å²) in [5.74, 6) is 1.65. The van der Waals surface area contributed by atoms with Crippen molar-refractivity contribution in [1.82, 2.24) is 0 Å². The average Bonchev–Trinajstić information content (AvgIpc) is 3.34. The summed E-state index contributed by atoms with van der Waals surface area (Å²) in [5.41, 5.74) is 1.09. The van der Waals surface area contributed by atoms with Crippen LogP contribution in [0.3, 0.4) is 0 Å². The Bertz CT molecular complexity index is 617. The van der Waals surface area contributed by atoms with E-state index in [0.29, 0.717) is 13.2 Å². The SMILES string of the molecule is CC(C)[Si](OCc1ccco1)(O[Si](OCc1ccco1)(C(C)C)C(C)C)C(C)C. The first kappa shape index (κ1) is 24.1. The first-order valence-corrected chi connectivity index (χ1v) is 14.6. The number of hydrogen-bond acceptors (Lipinski definition) is 5. The van der Waals surface area contributed by atoms with Gasteiger partial charge >= 0.3 is 17.1 Å². The summed E-state index contributed by atoms with van der Waals surface area (Å²) in [7, 11) is -5.29. The largest absolute Gasteiger partial charge is 0.467 e. The molecular formula is C22H38O5Si2. The van der Waals surface area contributed by atoms with E-state index in [1.54, 1.807) is 12.5 Å². The molecule has 0 aliphatic heterocycles. The van der Waals surface area contributed by atoms with Crippen LogP contribution in [0.5, 0.6) is 0 Å². The van der Waals surface area contributed by atoms with Gasteiger partial charge in [-0.25, -0.2) is 0 Å². The van der Waals surface area contributed by atoms with Gasteiger partial charge in [0.1, 0.15) is 11.5 Å². The second-order valence-corrected chi connectivity index (χ2v) is 17.8. The molecule has 0 N–H and O–H groups in total. The standard InChI is InChI=1S/C22H38O5Si2/c1-17(2)28(18(3)4,25-15-21-11-9-13-23-21)27-29(19(5)6,20(7)8)26-16-22-12-10-14-24-22/h9-14,17-20H,15-16H2,1-8H3. The molecule has 2 aromatic heterocycles. The molecule has 0 saturated heterocycles. The summed E-state index contributed by atoms with van der Waals surface area (Å²) >= 11 is 0. The Morgan fingerprint density at radius 1 is 0.655 bits per heavy atom. The van der Waals surface area contributed by atoms with Gasteiger partial charge in [-0.1, -0.05) is 55.4 Å². The summed E-state index contributed by atoms with van der Waals surface area (Å²) in [4.78, 5) is 0. The first-order valence-electron chi connectivity index (χ1n) is 10.7. The molecule has 5 nitrogen and oxygen atoms in total. The topological polar surface area (TPSA) is 54.0 Å². The molecule has 164 valence electrons. The van der Waals surface area contributed by atoms with Crippen LogP contribution in [-0.4, -0.2) is 17.1 Å². The molecule has 0 fully saturated rings. The monoisotopic (exact) mass is 438 g/mol. The van der Waals surface area contributed by atoms with Crippen LogP contribution in [0, 0.1) is 0 Å². The summed E-state index contributed by atoms with van der Waals surface area (Å²) in [5, 5.41) is 0. The molecule has 0 amide bonds. The fraction of sp³-hybridized carbons (Fsp3) is 0.636. The van der Waals surface area contributed by atoms with Crippen LogP contribution >= 0.6 is 0 Å². The molecule has 2 heterocycles. The van der Waals surface area contributed by atoms with Crippen LogP contribution in [0.1, 0.15) is 66.9 Å². The van der Waals surface area contributed by atoms with Crippen LogP contribution in [0.15, 0.2) is 45.6 Å². The van der Waals surface area contributed by atoms with Gasteiger partial charge in [0.2, 0.25) is 0 Å². The molecule has 7 heteroatoms. The Hall–Kier alpha value is -1.13. The molecule has 0 unspecified atom stereocenters. The maximum absolute atomic E-state index is 7.22. The van der Waals surface area contributed by atoms with Crippen LogP contribution in [-0.2, 0) is 26.2 Å². The molecule has 0 bridgehead atoms. The smallest absolute Gasteiger partial charge is 0.335 e. The quantitative estimate of drug-likeness (QED) is 0.329. The van der Waals surface area contributed by atoms with Crippen LogP contribution in [0.2, 0.25) is 22.2 Å². The van der Waals surface area contributed by atoms with E-state index in [4.69, 9.17) is 21.8 Å². The number of rotatable bonds is 12. The van der Waals surface area contributed by atoms with E-state index >= 15 is 0 Å². The Morgan fingerprint density at radius 3 is 1.24 bits per heavy atom. The van der Waals surface area contributed by atoms with Crippen molar-refractivity contribution in [1.29, 1.82) is 0 Å². The highest BCUT2D eigenvalue weighted by molar-refractivity contribution is 6.83. The summed E-state index contributed by atoms with van der Waals surface area (Å²) < 4.78 is 31.5. The molecule has 0 aromatic carbocycles. The zero-order valence-electron chi connectivity index (χ0n) is 19.2. The minimum absolute atomic E-state index is 0.272. The van der Waals surface area contributed by atoms with Crippen molar-refractivity contribution in [2.24, 2.45) is 0 Å². The molecule has 2 aromatic rings. The van der Waals surface area contributed by atoms with Crippen molar-refractivity contribution in [3.63, 3.8) is 0 Å². The normalized spacial score (nSPS) is 13.4. The van der Waals surface area contributed by atoms with Gasteiger partial charge in [0, 0.05) is 0 Å². The second kappa shape index (κ2) is 10.3. The minimum Gasteiger partial charge on any atom is -0.467 e. The molecule has 0 saturated carbocycles. The lowest BCUT2D eigenvalue weighted by molar-refractivity contribution is 0.136. The third kappa shape index (κ3) is 5.52. The predicted molar refractivity (Wildman–Crippen MR) is 120 cm³/mol. The van der Waals surface area contributed by atoms with Gasteiger partial charge in [0.15, 0.2) is 0 Å². The zero-order chi connectivity index (χ0) is 21.7. The van der Waals surface area contributed by atoms with Crippen LogP contribution in [0.25, 0.3) is 0 Å². The van der Waals surface area contributed by atoms with Crippen molar-refractivity contribution in [2.45, 2.75) is 90.8 Å². The summed E-state index contributed by atoms with van der Waals surface area (Å²) in [6, 6.07) is 7.67. The lowest BCUT2D eigenvalue weighted by Crippen LogP contribution is -2.61. The van der Waals surface area contributed by atoms with Gasteiger partial charge in [-0.2, -0.15) is 0 Å². The molecule has 0 atom stereocenters. The predicted octanol–water partition coefficient (Wildman–Crippen LogP) is 7.15. The molecule has 29 heavy (non-hydrogen) atoms. The van der Waals surface area contributed by atoms with Gasteiger partial charge in [-0.15, -0.1) is 0 Å². The lowest BCUT2D eigenvalue weighted by Gasteiger charge is -2.47. The minimum atomic E-state index is -2.64. The highest BCUT2D eigenvalue weighted by Gasteiger charge is 2.56. The van der Waals surface area contributed by atoms with Crippen LogP contribution in [0.4, 0.5) is 0 Å². The van der Waals surface area contributed by atoms with E-state index in [1.165, 1.54) is 0 Å². The fourth-order valence-corrected chi connectivity index (χ4v) is 14.9. The summed E-state index contributed by atoms with van der Waals surface area (Å²) in [6.07, 6.45) is 3.36. The summed E-state index contributed by atoms with van der Waals surface area (Å²) in [6.45, 7) is 18.5. The van der Waals surface area contributed by atoms with E-state index in [-0.39, 0.29) is 22.2 Å². The Kier molecular flexibility index (Phi) is 8.54. The third-order valence-corrected chi connectivity index (χ3v) is 15.8. The molecule has 0 radical (unpaired) electrons. The van der Waals surface area contributed by atoms with Gasteiger partial charge in [-0.05, 0) is 46.4 Å². The van der Waals surface area contributed by atoms with E-state index in [2.05, 4.69) is 55.4 Å². The maximum atomic E-state index is 7.22. The van der Waals surface area contributed by atoms with E-state index < -0.39 is 17.1 Å². The van der Waals surface area contributed by atoms with E-state index in [0.717, 1.165) is 11.5 Å². The second-order valence-electron chi connectivity index (χ2n) is 8.90. The zero-order valence-corrected chi connectivity index (χ0v) is 21.2. The van der Waals surface area contributed by atoms with Crippen molar-refractivity contribution in [3.05, 3.63) is 48.3 Å². The molecule has 0 aliphatic rings. The molecule has 2 rings (SSSR count). The Morgan fingerprint density at radius 2 is 1.00 bits per heavy atom. The van der Waals surface area contributed by atoms with E-state index in [1.807, 2.05) is 24.3 Å². The highest BCUT2D eigenvalue weighted by atomic mass is 28.5. The van der Waals surface area contributed by atoms with Crippen LogP contribution < -0.4 is 0 Å². The van der Waals surface area contributed by atoms with E-state index in [9.17, 15) is 0 Å². The Labute approximate surface area is 178 Å². The van der Waals surface area contributed by atoms with Gasteiger partial charge in [0.25, 0.3) is 0 Å². The first-order chi connectivity index (χ1) is 13.6. The van der Waals surface area contributed by atoms with Gasteiger partial charge in [0.05, 0.1) is 25.7 Å². The van der Waals surface area contributed by atoms with Gasteiger partial charge < -0.3 is 21.8 Å². The number of furan rings is 2. The molecule has 0 spiro atoms. The third-order valence-electron chi connectivity index (χ3n) is 5.58. The van der Waals surface area contributed by atoms with Crippen molar-refractivity contribution in [3.8, 4) is 0 Å². The fourth-order valence-electron chi connectivity index (χ4n) is 3.94. The Balaban J connectivity index is 2.36. The van der Waals surface area contributed by atoms with Crippen molar-refractivity contribution >= 4 is 17.1 Å². The molecule has 0 aliphatic carbocycles. The highest BCUT2D eigenvalue weighted by Crippen LogP contribution is 2.44. The average molecular weight is 439 g/mol. The van der Waals surface area contributed by atoms with Crippen molar-refractivity contribution < 1.29 is 21.8 Å². The lowest BCUT2D eigenvalue weighted by atomic mass is 10.5. The van der Waals surface area contributed by atoms with Crippen molar-refractivity contribution in [2.75, 3.05) is 0 Å². The maximum Gasteiger partial charge on any atom is 0.335 e. The molecular weight excluding hydrogens is 400 g/mol. The van der Waals surface area contributed by atoms with Gasteiger partial charge in [-0.3, -0.25) is 0 Å².